The zero-order valence-electron chi connectivity index (χ0n) is 17.4. The Balaban J connectivity index is 1.43. The summed E-state index contributed by atoms with van der Waals surface area (Å²) in [5, 5.41) is 13.9. The lowest BCUT2D eigenvalue weighted by atomic mass is 10.0. The van der Waals surface area contributed by atoms with E-state index in [0.29, 0.717) is 12.1 Å². The number of benzene rings is 1. The Kier molecular flexibility index (Phi) is 6.97. The van der Waals surface area contributed by atoms with Crippen molar-refractivity contribution in [3.8, 4) is 0 Å². The highest BCUT2D eigenvalue weighted by atomic mass is 32.2. The molecule has 1 aromatic carbocycles. The Morgan fingerprint density at radius 3 is 3.00 bits per heavy atom. The number of fused-ring (bicyclic) bond motifs is 1. The molecule has 3 aromatic rings. The molecule has 0 aliphatic carbocycles. The lowest BCUT2D eigenvalue weighted by Gasteiger charge is -2.30. The molecule has 0 bridgehead atoms. The van der Waals surface area contributed by atoms with Gasteiger partial charge in [-0.15, -0.1) is 10.2 Å². The van der Waals surface area contributed by atoms with Crippen molar-refractivity contribution >= 4 is 39.9 Å². The molecule has 6 nitrogen and oxygen atoms in total. The molecule has 4 rings (SSSR count). The van der Waals surface area contributed by atoms with Crippen molar-refractivity contribution in [2.75, 3.05) is 26.2 Å². The third kappa shape index (κ3) is 5.36. The molecular weight excluding hydrogens is 414 g/mol. The molecule has 0 unspecified atom stereocenters. The second kappa shape index (κ2) is 9.85. The SMILES string of the molecule is Cc1nnc(Sc2cc(C(=O)NCCCN3CCC[C@@H](C)C3)c3ccccc3n2)s1. The van der Waals surface area contributed by atoms with Crippen molar-refractivity contribution in [2.24, 2.45) is 5.92 Å². The van der Waals surface area contributed by atoms with Crippen LogP contribution < -0.4 is 5.32 Å². The summed E-state index contributed by atoms with van der Waals surface area (Å²) in [6, 6.07) is 9.65. The highest BCUT2D eigenvalue weighted by molar-refractivity contribution is 8.01. The summed E-state index contributed by atoms with van der Waals surface area (Å²) in [5.74, 6) is 0.736. The number of amides is 1. The van der Waals surface area contributed by atoms with Crippen molar-refractivity contribution in [1.82, 2.24) is 25.4 Å². The fourth-order valence-corrected chi connectivity index (χ4v) is 5.67. The van der Waals surface area contributed by atoms with Crippen molar-refractivity contribution < 1.29 is 4.79 Å². The number of rotatable bonds is 7. The van der Waals surface area contributed by atoms with E-state index in [0.717, 1.165) is 44.2 Å². The molecule has 3 heterocycles. The first kappa shape index (κ1) is 21.2. The summed E-state index contributed by atoms with van der Waals surface area (Å²) in [6.45, 7) is 8.32. The molecule has 0 saturated carbocycles. The molecule has 1 aliphatic rings. The van der Waals surface area contributed by atoms with E-state index in [9.17, 15) is 4.79 Å². The number of likely N-dealkylation sites (tertiary alicyclic amines) is 1. The van der Waals surface area contributed by atoms with E-state index in [1.165, 1.54) is 49.0 Å². The molecule has 0 spiro atoms. The topological polar surface area (TPSA) is 71.0 Å². The van der Waals surface area contributed by atoms with Crippen LogP contribution in [0.4, 0.5) is 0 Å². The molecule has 1 fully saturated rings. The van der Waals surface area contributed by atoms with Gasteiger partial charge in [-0.1, -0.05) is 36.5 Å². The van der Waals surface area contributed by atoms with Crippen LogP contribution in [-0.2, 0) is 0 Å². The van der Waals surface area contributed by atoms with Crippen LogP contribution in [-0.4, -0.2) is 52.2 Å². The number of pyridine rings is 1. The molecule has 1 amide bonds. The molecule has 1 aliphatic heterocycles. The molecule has 1 saturated heterocycles. The predicted molar refractivity (Wildman–Crippen MR) is 122 cm³/mol. The van der Waals surface area contributed by atoms with Crippen molar-refractivity contribution in [1.29, 1.82) is 0 Å². The lowest BCUT2D eigenvalue weighted by Crippen LogP contribution is -2.36. The van der Waals surface area contributed by atoms with Gasteiger partial charge in [-0.2, -0.15) is 0 Å². The summed E-state index contributed by atoms with van der Waals surface area (Å²) >= 11 is 2.98. The van der Waals surface area contributed by atoms with Gasteiger partial charge in [0.2, 0.25) is 0 Å². The third-order valence-electron chi connectivity index (χ3n) is 5.31. The summed E-state index contributed by atoms with van der Waals surface area (Å²) < 4.78 is 0.831. The average molecular weight is 442 g/mol. The quantitative estimate of drug-likeness (QED) is 0.548. The minimum Gasteiger partial charge on any atom is -0.352 e. The number of aromatic nitrogens is 3. The maximum atomic E-state index is 13.0. The minimum atomic E-state index is -0.0455. The minimum absolute atomic E-state index is 0.0455. The molecule has 1 N–H and O–H groups in total. The number of hydrogen-bond donors (Lipinski definition) is 1. The number of carbonyl (C=O) groups is 1. The van der Waals surface area contributed by atoms with Gasteiger partial charge in [-0.3, -0.25) is 4.79 Å². The molecule has 30 heavy (non-hydrogen) atoms. The summed E-state index contributed by atoms with van der Waals surface area (Å²) in [5.41, 5.74) is 1.48. The number of nitrogens with zero attached hydrogens (tertiary/aromatic N) is 4. The zero-order valence-corrected chi connectivity index (χ0v) is 19.1. The molecule has 158 valence electrons. The molecular formula is C22H27N5OS2. The number of piperidine rings is 1. The average Bonchev–Trinajstić information content (AvgIpc) is 3.15. The van der Waals surface area contributed by atoms with E-state index in [1.807, 2.05) is 37.3 Å². The maximum absolute atomic E-state index is 13.0. The summed E-state index contributed by atoms with van der Waals surface area (Å²) in [4.78, 5) is 20.2. The van der Waals surface area contributed by atoms with Crippen LogP contribution in [0.15, 0.2) is 39.7 Å². The van der Waals surface area contributed by atoms with Gasteiger partial charge in [0, 0.05) is 18.5 Å². The summed E-state index contributed by atoms with van der Waals surface area (Å²) in [6.07, 6.45) is 3.58. The van der Waals surface area contributed by atoms with E-state index in [-0.39, 0.29) is 5.91 Å². The lowest BCUT2D eigenvalue weighted by molar-refractivity contribution is 0.0951. The number of hydrogen-bond acceptors (Lipinski definition) is 7. The van der Waals surface area contributed by atoms with Crippen molar-refractivity contribution in [2.45, 2.75) is 42.5 Å². The van der Waals surface area contributed by atoms with Crippen LogP contribution in [0, 0.1) is 12.8 Å². The largest absolute Gasteiger partial charge is 0.352 e. The maximum Gasteiger partial charge on any atom is 0.252 e. The Labute approximate surface area is 185 Å². The molecule has 8 heteroatoms. The van der Waals surface area contributed by atoms with Crippen LogP contribution in [0.25, 0.3) is 10.9 Å². The van der Waals surface area contributed by atoms with Gasteiger partial charge in [0.05, 0.1) is 11.1 Å². The molecule has 2 aromatic heterocycles. The zero-order chi connectivity index (χ0) is 20.9. The number of carbonyl (C=O) groups excluding carboxylic acids is 1. The highest BCUT2D eigenvalue weighted by Crippen LogP contribution is 2.31. The first-order valence-corrected chi connectivity index (χ1v) is 12.1. The molecule has 1 atom stereocenters. The van der Waals surface area contributed by atoms with Crippen LogP contribution >= 0.6 is 23.1 Å². The van der Waals surface area contributed by atoms with Gasteiger partial charge in [-0.05, 0) is 69.1 Å². The van der Waals surface area contributed by atoms with Gasteiger partial charge in [0.15, 0.2) is 4.34 Å². The van der Waals surface area contributed by atoms with Crippen LogP contribution in [0.5, 0.6) is 0 Å². The molecule has 0 radical (unpaired) electrons. The second-order valence-corrected chi connectivity index (χ2v) is 10.3. The number of nitrogens with one attached hydrogen (secondary N) is 1. The van der Waals surface area contributed by atoms with E-state index in [1.54, 1.807) is 0 Å². The number of aryl methyl sites for hydroxylation is 1. The standard InChI is InChI=1S/C22H27N5OS2/c1-15-7-5-11-27(14-15)12-6-10-23-21(28)18-13-20(30-22-26-25-16(2)29-22)24-19-9-4-3-8-17(18)19/h3-4,8-9,13,15H,5-7,10-12,14H2,1-2H3,(H,23,28)/t15-/m1/s1. The van der Waals surface area contributed by atoms with E-state index < -0.39 is 0 Å². The highest BCUT2D eigenvalue weighted by Gasteiger charge is 2.17. The van der Waals surface area contributed by atoms with Gasteiger partial charge in [-0.25, -0.2) is 4.98 Å². The summed E-state index contributed by atoms with van der Waals surface area (Å²) in [7, 11) is 0. The van der Waals surface area contributed by atoms with Gasteiger partial charge < -0.3 is 10.2 Å². The van der Waals surface area contributed by atoms with Crippen molar-refractivity contribution in [3.05, 3.63) is 40.9 Å². The third-order valence-corrected chi connectivity index (χ3v) is 7.12. The normalized spacial score (nSPS) is 17.3. The Bertz CT molecular complexity index is 1020. The second-order valence-electron chi connectivity index (χ2n) is 7.87. The Hall–Kier alpha value is -2.03. The predicted octanol–water partition coefficient (Wildman–Crippen LogP) is 4.40. The fraction of sp³-hybridized carbons (Fsp3) is 0.455. The van der Waals surface area contributed by atoms with Crippen molar-refractivity contribution in [3.63, 3.8) is 0 Å². The van der Waals surface area contributed by atoms with Gasteiger partial charge in [0.25, 0.3) is 5.91 Å². The van der Waals surface area contributed by atoms with E-state index in [4.69, 9.17) is 4.98 Å². The van der Waals surface area contributed by atoms with Crippen LogP contribution in [0.3, 0.4) is 0 Å². The first-order valence-electron chi connectivity index (χ1n) is 10.5. The van der Waals surface area contributed by atoms with E-state index in [2.05, 4.69) is 27.3 Å². The smallest absolute Gasteiger partial charge is 0.252 e. The Morgan fingerprint density at radius 1 is 1.33 bits per heavy atom. The fourth-order valence-electron chi connectivity index (χ4n) is 3.89. The van der Waals surface area contributed by atoms with Crippen LogP contribution in [0.2, 0.25) is 0 Å². The van der Waals surface area contributed by atoms with Gasteiger partial charge in [0.1, 0.15) is 10.0 Å². The first-order chi connectivity index (χ1) is 14.6. The van der Waals surface area contributed by atoms with E-state index >= 15 is 0 Å². The van der Waals surface area contributed by atoms with Gasteiger partial charge >= 0.3 is 0 Å². The van der Waals surface area contributed by atoms with Crippen LogP contribution in [0.1, 0.15) is 41.6 Å². The number of para-hydroxylation sites is 1. The Morgan fingerprint density at radius 2 is 2.20 bits per heavy atom. The monoisotopic (exact) mass is 441 g/mol.